The average Bonchev–Trinajstić information content (AvgIpc) is 3.35. The third-order valence-corrected chi connectivity index (χ3v) is 8.36. The normalized spacial score (nSPS) is 17.2. The van der Waals surface area contributed by atoms with Gasteiger partial charge in [-0.05, 0) is 75.5 Å². The van der Waals surface area contributed by atoms with Crippen LogP contribution in [0.15, 0.2) is 48.7 Å². The van der Waals surface area contributed by atoms with Crippen molar-refractivity contribution in [2.45, 2.75) is 57.9 Å². The van der Waals surface area contributed by atoms with Crippen molar-refractivity contribution in [1.29, 1.82) is 5.26 Å². The van der Waals surface area contributed by atoms with Crippen molar-refractivity contribution in [1.82, 2.24) is 19.4 Å². The van der Waals surface area contributed by atoms with Gasteiger partial charge in [-0.3, -0.25) is 4.90 Å². The van der Waals surface area contributed by atoms with Crippen molar-refractivity contribution >= 4 is 17.0 Å². The van der Waals surface area contributed by atoms with Crippen LogP contribution in [-0.2, 0) is 24.4 Å². The van der Waals surface area contributed by atoms with Crippen molar-refractivity contribution in [2.24, 2.45) is 0 Å². The van der Waals surface area contributed by atoms with Crippen molar-refractivity contribution in [3.05, 3.63) is 82.6 Å². The van der Waals surface area contributed by atoms with Gasteiger partial charge >= 0.3 is 5.97 Å². The van der Waals surface area contributed by atoms with Crippen LogP contribution in [0.4, 0.5) is 4.39 Å². The Morgan fingerprint density at radius 2 is 2.00 bits per heavy atom. The van der Waals surface area contributed by atoms with Gasteiger partial charge in [0.1, 0.15) is 29.5 Å². The number of fused-ring (bicyclic) bond motifs is 1. The molecule has 2 aromatic heterocycles. The molecule has 0 saturated carbocycles. The van der Waals surface area contributed by atoms with E-state index in [0.29, 0.717) is 42.4 Å². The summed E-state index contributed by atoms with van der Waals surface area (Å²) in [6.07, 6.45) is 4.46. The molecular weight excluding hydrogens is 565 g/mol. The number of carboxylic acid groups (broad SMARTS) is 1. The number of carbonyl (C=O) groups is 1. The molecule has 0 bridgehead atoms. The summed E-state index contributed by atoms with van der Waals surface area (Å²) in [5.41, 5.74) is 3.21. The zero-order valence-corrected chi connectivity index (χ0v) is 24.5. The van der Waals surface area contributed by atoms with Gasteiger partial charge in [0.25, 0.3) is 0 Å². The Kier molecular flexibility index (Phi) is 8.72. The van der Waals surface area contributed by atoms with E-state index < -0.39 is 11.8 Å². The maximum Gasteiger partial charge on any atom is 0.335 e. The number of carboxylic acids is 1. The summed E-state index contributed by atoms with van der Waals surface area (Å²) in [6, 6.07) is 13.4. The van der Waals surface area contributed by atoms with Crippen LogP contribution in [0, 0.1) is 17.1 Å². The van der Waals surface area contributed by atoms with Crippen molar-refractivity contribution in [3.63, 3.8) is 0 Å². The first kappa shape index (κ1) is 29.5. The lowest BCUT2D eigenvalue weighted by Gasteiger charge is -2.33. The lowest BCUT2D eigenvalue weighted by molar-refractivity contribution is -0.0592. The Morgan fingerprint density at radius 3 is 2.68 bits per heavy atom. The summed E-state index contributed by atoms with van der Waals surface area (Å²) in [4.78, 5) is 23.7. The van der Waals surface area contributed by atoms with Gasteiger partial charge in [-0.1, -0.05) is 12.1 Å². The Balaban J connectivity index is 1.17. The molecule has 0 radical (unpaired) electrons. The van der Waals surface area contributed by atoms with Crippen molar-refractivity contribution in [2.75, 3.05) is 26.3 Å². The first-order valence-electron chi connectivity index (χ1n) is 14.9. The predicted octanol–water partition coefficient (Wildman–Crippen LogP) is 5.29. The second-order valence-corrected chi connectivity index (χ2v) is 11.2. The Bertz CT molecular complexity index is 1700. The molecule has 44 heavy (non-hydrogen) atoms. The summed E-state index contributed by atoms with van der Waals surface area (Å²) in [5, 5.41) is 18.7. The fraction of sp³-hybridized carbons (Fsp3) is 0.394. The fourth-order valence-corrected chi connectivity index (χ4v) is 5.90. The number of benzene rings is 2. The predicted molar refractivity (Wildman–Crippen MR) is 159 cm³/mol. The number of likely N-dealkylation sites (tertiary alicyclic amines) is 1. The number of aromatic nitrogens is 3. The van der Waals surface area contributed by atoms with Crippen LogP contribution in [0.2, 0.25) is 0 Å². The van der Waals surface area contributed by atoms with Gasteiger partial charge in [-0.25, -0.2) is 19.2 Å². The molecule has 2 fully saturated rings. The van der Waals surface area contributed by atoms with E-state index in [9.17, 15) is 14.3 Å². The Labute approximate surface area is 254 Å². The van der Waals surface area contributed by atoms with Gasteiger partial charge in [0, 0.05) is 23.9 Å². The van der Waals surface area contributed by atoms with Crippen LogP contribution in [0.25, 0.3) is 11.0 Å². The highest BCUT2D eigenvalue weighted by atomic mass is 19.1. The summed E-state index contributed by atoms with van der Waals surface area (Å²) in [6.45, 7) is 5.89. The number of halogens is 1. The van der Waals surface area contributed by atoms with Gasteiger partial charge in [0.2, 0.25) is 5.88 Å². The second kappa shape index (κ2) is 13.0. The number of ether oxygens (including phenoxy) is 3. The minimum Gasteiger partial charge on any atom is -0.492 e. The molecule has 0 aliphatic carbocycles. The lowest BCUT2D eigenvalue weighted by atomic mass is 9.90. The lowest BCUT2D eigenvalue weighted by Crippen LogP contribution is -2.35. The highest BCUT2D eigenvalue weighted by Crippen LogP contribution is 2.35. The van der Waals surface area contributed by atoms with Gasteiger partial charge in [-0.15, -0.1) is 0 Å². The number of aromatic carboxylic acids is 1. The second-order valence-electron chi connectivity index (χ2n) is 11.2. The summed E-state index contributed by atoms with van der Waals surface area (Å²) >= 11 is 0. The first-order chi connectivity index (χ1) is 21.4. The third kappa shape index (κ3) is 6.23. The van der Waals surface area contributed by atoms with Crippen LogP contribution >= 0.6 is 0 Å². The quantitative estimate of drug-likeness (QED) is 0.245. The third-order valence-electron chi connectivity index (χ3n) is 8.36. The maximum atomic E-state index is 14.4. The number of rotatable bonds is 11. The number of hydrogen-bond acceptors (Lipinski definition) is 8. The number of piperidine rings is 1. The van der Waals surface area contributed by atoms with E-state index >= 15 is 0 Å². The molecule has 1 atom stereocenters. The molecule has 0 unspecified atom stereocenters. The van der Waals surface area contributed by atoms with Crippen LogP contribution in [-0.4, -0.2) is 62.9 Å². The fourth-order valence-electron chi connectivity index (χ4n) is 5.90. The number of pyridine rings is 1. The molecule has 1 N–H and O–H groups in total. The van der Waals surface area contributed by atoms with E-state index in [2.05, 4.69) is 14.5 Å². The number of hydrogen-bond donors (Lipinski definition) is 1. The molecule has 2 aliphatic heterocycles. The summed E-state index contributed by atoms with van der Waals surface area (Å²) in [5.74, 6) is 0.565. The summed E-state index contributed by atoms with van der Waals surface area (Å²) in [7, 11) is 0. The molecule has 2 aromatic carbocycles. The SMILES string of the molecule is CCOc1cc(C(=O)O)cc2c1nc(CN1CCC(c3cccnc3OCc3ccc(C#N)cc3F)CC1)n2C[C@@H]1CCO1. The maximum absolute atomic E-state index is 14.4. The molecule has 11 heteroatoms. The molecule has 4 heterocycles. The molecule has 2 aliphatic rings. The Morgan fingerprint density at radius 1 is 1.18 bits per heavy atom. The first-order valence-corrected chi connectivity index (χ1v) is 14.9. The van der Waals surface area contributed by atoms with E-state index in [4.69, 9.17) is 24.5 Å². The zero-order valence-electron chi connectivity index (χ0n) is 24.5. The highest BCUT2D eigenvalue weighted by molar-refractivity contribution is 5.95. The van der Waals surface area contributed by atoms with E-state index in [1.807, 2.05) is 25.1 Å². The molecule has 6 rings (SSSR count). The molecule has 0 amide bonds. The number of imidazole rings is 1. The van der Waals surface area contributed by atoms with E-state index in [1.165, 1.54) is 6.07 Å². The molecule has 10 nitrogen and oxygen atoms in total. The van der Waals surface area contributed by atoms with Crippen molar-refractivity contribution < 1.29 is 28.5 Å². The van der Waals surface area contributed by atoms with E-state index in [0.717, 1.165) is 55.9 Å². The molecule has 0 spiro atoms. The topological polar surface area (TPSA) is 123 Å². The smallest absolute Gasteiger partial charge is 0.335 e. The van der Waals surface area contributed by atoms with E-state index in [-0.39, 0.29) is 29.8 Å². The monoisotopic (exact) mass is 599 g/mol. The standard InChI is InChI=1S/C33H34FN5O5/c1-2-42-29-16-24(33(40)41)15-28-31(29)37-30(39(28)18-25-9-13-43-25)19-38-11-7-22(8-12-38)26-4-3-10-36-32(26)44-20-23-6-5-21(17-35)14-27(23)34/h3-6,10,14-16,22,25H,2,7-9,11-13,18-20H2,1H3,(H,40,41)/t25-/m0/s1. The minimum atomic E-state index is -1.01. The number of nitriles is 1. The molecule has 4 aromatic rings. The highest BCUT2D eigenvalue weighted by Gasteiger charge is 2.28. The van der Waals surface area contributed by atoms with Gasteiger partial charge in [0.15, 0.2) is 0 Å². The number of nitrogens with zero attached hydrogens (tertiary/aromatic N) is 5. The molecule has 228 valence electrons. The zero-order chi connectivity index (χ0) is 30.6. The van der Waals surface area contributed by atoms with Gasteiger partial charge in [0.05, 0.1) is 48.5 Å². The minimum absolute atomic E-state index is 0.0225. The average molecular weight is 600 g/mol. The van der Waals surface area contributed by atoms with E-state index in [1.54, 1.807) is 30.5 Å². The van der Waals surface area contributed by atoms with Crippen LogP contribution in [0.3, 0.4) is 0 Å². The largest absolute Gasteiger partial charge is 0.492 e. The van der Waals surface area contributed by atoms with Gasteiger partial charge < -0.3 is 23.9 Å². The summed E-state index contributed by atoms with van der Waals surface area (Å²) < 4.78 is 34.0. The molecule has 2 saturated heterocycles. The molecular formula is C33H34FN5O5. The Hall–Kier alpha value is -4.53. The van der Waals surface area contributed by atoms with Crippen LogP contribution in [0.5, 0.6) is 11.6 Å². The van der Waals surface area contributed by atoms with Crippen LogP contribution < -0.4 is 9.47 Å². The van der Waals surface area contributed by atoms with Crippen LogP contribution in [0.1, 0.15) is 65.0 Å². The van der Waals surface area contributed by atoms with Crippen molar-refractivity contribution in [3.8, 4) is 17.7 Å². The van der Waals surface area contributed by atoms with Gasteiger partial charge in [-0.2, -0.15) is 5.26 Å².